The second-order valence-corrected chi connectivity index (χ2v) is 8.81. The number of pyridine rings is 1. The summed E-state index contributed by atoms with van der Waals surface area (Å²) < 4.78 is 55.3. The molecular formula is C26H18F3N5O3. The minimum atomic E-state index is -1.39. The van der Waals surface area contributed by atoms with Crippen LogP contribution in [0.25, 0.3) is 45.2 Å². The van der Waals surface area contributed by atoms with Crippen molar-refractivity contribution in [2.75, 3.05) is 7.11 Å². The first kappa shape index (κ1) is 22.9. The zero-order valence-corrected chi connectivity index (χ0v) is 19.6. The number of fused-ring (bicyclic) bond motifs is 1. The van der Waals surface area contributed by atoms with Crippen LogP contribution in [0.1, 0.15) is 34.8 Å². The van der Waals surface area contributed by atoms with E-state index in [0.29, 0.717) is 22.5 Å². The van der Waals surface area contributed by atoms with Gasteiger partial charge < -0.3 is 13.7 Å². The lowest BCUT2D eigenvalue weighted by Crippen LogP contribution is -2.06. The molecule has 1 aliphatic carbocycles. The zero-order chi connectivity index (χ0) is 25.8. The number of halogens is 3. The number of methoxy groups -OCH3 is 1. The van der Waals surface area contributed by atoms with Gasteiger partial charge in [-0.1, -0.05) is 6.07 Å². The van der Waals surface area contributed by atoms with E-state index in [1.165, 1.54) is 18.5 Å². The Hall–Kier alpha value is -4.54. The molecule has 11 heteroatoms. The first-order chi connectivity index (χ1) is 17.8. The van der Waals surface area contributed by atoms with Gasteiger partial charge in [-0.15, -0.1) is 10.2 Å². The van der Waals surface area contributed by atoms with Gasteiger partial charge in [0.25, 0.3) is 0 Å². The van der Waals surface area contributed by atoms with Crippen LogP contribution in [0.5, 0.6) is 0 Å². The number of oxazole rings is 1. The monoisotopic (exact) mass is 505 g/mol. The molecule has 0 N–H and O–H groups in total. The summed E-state index contributed by atoms with van der Waals surface area (Å²) in [4.78, 5) is 20.8. The van der Waals surface area contributed by atoms with Crippen LogP contribution in [0.4, 0.5) is 13.2 Å². The van der Waals surface area contributed by atoms with Crippen LogP contribution < -0.4 is 0 Å². The van der Waals surface area contributed by atoms with E-state index in [1.807, 2.05) is 6.07 Å². The molecular weight excluding hydrogens is 487 g/mol. The molecule has 0 spiro atoms. The molecule has 186 valence electrons. The summed E-state index contributed by atoms with van der Waals surface area (Å²) in [5.74, 6) is -3.57. The first-order valence-electron chi connectivity index (χ1n) is 11.4. The summed E-state index contributed by atoms with van der Waals surface area (Å²) in [6.45, 7) is 0. The van der Waals surface area contributed by atoms with E-state index in [9.17, 15) is 18.0 Å². The smallest absolute Gasteiger partial charge is 0.341 e. The molecule has 37 heavy (non-hydrogen) atoms. The molecule has 1 aliphatic rings. The van der Waals surface area contributed by atoms with Crippen molar-refractivity contribution >= 4 is 17.1 Å². The van der Waals surface area contributed by atoms with Crippen molar-refractivity contribution in [3.63, 3.8) is 0 Å². The number of aromatic nitrogens is 5. The van der Waals surface area contributed by atoms with E-state index < -0.39 is 34.6 Å². The molecule has 3 aromatic heterocycles. The molecule has 5 aromatic rings. The highest BCUT2D eigenvalue weighted by atomic mass is 19.2. The minimum Gasteiger partial charge on any atom is -0.465 e. The molecule has 0 radical (unpaired) electrons. The van der Waals surface area contributed by atoms with E-state index in [4.69, 9.17) is 4.42 Å². The molecule has 3 heterocycles. The Kier molecular flexibility index (Phi) is 5.28. The van der Waals surface area contributed by atoms with E-state index >= 15 is 0 Å². The summed E-state index contributed by atoms with van der Waals surface area (Å²) in [7, 11) is 2.82. The number of carbonyl (C=O) groups is 1. The second kappa shape index (κ2) is 8.54. The van der Waals surface area contributed by atoms with Gasteiger partial charge in [-0.2, -0.15) is 4.39 Å². The predicted octanol–water partition coefficient (Wildman–Crippen LogP) is 5.43. The fourth-order valence-corrected chi connectivity index (χ4v) is 4.26. The van der Waals surface area contributed by atoms with Gasteiger partial charge in [-0.3, -0.25) is 0 Å². The van der Waals surface area contributed by atoms with Gasteiger partial charge in [0.05, 0.1) is 7.11 Å². The average molecular weight is 505 g/mol. The summed E-state index contributed by atoms with van der Waals surface area (Å²) in [5, 5.41) is 8.03. The summed E-state index contributed by atoms with van der Waals surface area (Å²) in [6.07, 6.45) is 3.42. The number of rotatable bonds is 5. The lowest BCUT2D eigenvalue weighted by Gasteiger charge is -2.12. The number of aryl methyl sites for hydroxylation is 1. The van der Waals surface area contributed by atoms with Gasteiger partial charge in [-0.25, -0.2) is 23.5 Å². The summed E-state index contributed by atoms with van der Waals surface area (Å²) >= 11 is 0. The number of hydrogen-bond acceptors (Lipinski definition) is 7. The minimum absolute atomic E-state index is 0.0543. The van der Waals surface area contributed by atoms with Crippen molar-refractivity contribution < 1.29 is 27.1 Å². The number of hydrogen-bond donors (Lipinski definition) is 0. The van der Waals surface area contributed by atoms with Crippen LogP contribution in [-0.2, 0) is 11.8 Å². The molecule has 2 aromatic carbocycles. The fourth-order valence-electron chi connectivity index (χ4n) is 4.26. The Morgan fingerprint density at radius 3 is 2.57 bits per heavy atom. The topological polar surface area (TPSA) is 95.9 Å². The molecule has 0 saturated heterocycles. The third-order valence-corrected chi connectivity index (χ3v) is 6.27. The Balaban J connectivity index is 1.54. The van der Waals surface area contributed by atoms with Crippen molar-refractivity contribution in [1.82, 2.24) is 24.7 Å². The van der Waals surface area contributed by atoms with E-state index in [-0.39, 0.29) is 23.0 Å². The van der Waals surface area contributed by atoms with Crippen LogP contribution in [0, 0.1) is 17.5 Å². The molecule has 1 saturated carbocycles. The van der Waals surface area contributed by atoms with E-state index in [1.54, 1.807) is 23.7 Å². The van der Waals surface area contributed by atoms with Crippen molar-refractivity contribution in [1.29, 1.82) is 0 Å². The van der Waals surface area contributed by atoms with Gasteiger partial charge in [0.1, 0.15) is 28.9 Å². The molecule has 1 fully saturated rings. The Labute approximate surface area is 207 Å². The van der Waals surface area contributed by atoms with Gasteiger partial charge in [-0.05, 0) is 54.3 Å². The van der Waals surface area contributed by atoms with Crippen molar-refractivity contribution in [3.8, 4) is 34.1 Å². The van der Waals surface area contributed by atoms with Crippen LogP contribution in [0.15, 0.2) is 47.1 Å². The van der Waals surface area contributed by atoms with Crippen molar-refractivity contribution in [2.45, 2.75) is 18.8 Å². The zero-order valence-electron chi connectivity index (χ0n) is 19.6. The maximum absolute atomic E-state index is 14.7. The highest BCUT2D eigenvalue weighted by molar-refractivity contribution is 5.94. The van der Waals surface area contributed by atoms with Crippen molar-refractivity contribution in [2.24, 2.45) is 7.05 Å². The van der Waals surface area contributed by atoms with E-state index in [0.717, 1.165) is 31.7 Å². The average Bonchev–Trinajstić information content (AvgIpc) is 3.52. The molecule has 0 aliphatic heterocycles. The highest BCUT2D eigenvalue weighted by Crippen LogP contribution is 2.42. The Morgan fingerprint density at radius 1 is 1.05 bits per heavy atom. The standard InChI is InChI=1S/C26H18F3N5O3/c1-34-11-30-33-24(34)16-9-14(27)5-6-15(16)13-7-18(12-3-4-12)31-20(8-13)25-32-19-10-17(26(35)36-2)21(28)22(29)23(19)37-25/h5-12H,3-4H2,1-2H3. The summed E-state index contributed by atoms with van der Waals surface area (Å²) in [5.41, 5.74) is 1.84. The van der Waals surface area contributed by atoms with Crippen LogP contribution in [0.2, 0.25) is 0 Å². The maximum Gasteiger partial charge on any atom is 0.341 e. The lowest BCUT2D eigenvalue weighted by atomic mass is 9.97. The third-order valence-electron chi connectivity index (χ3n) is 6.27. The van der Waals surface area contributed by atoms with Crippen LogP contribution in [0.3, 0.4) is 0 Å². The SMILES string of the molecule is COC(=O)c1cc2nc(-c3cc(-c4ccc(F)cc4-c4nncn4C)cc(C4CC4)n3)oc2c(F)c1F. The molecule has 0 bridgehead atoms. The van der Waals surface area contributed by atoms with Gasteiger partial charge in [0.15, 0.2) is 17.2 Å². The molecule has 0 amide bonds. The number of ether oxygens (including phenoxy) is 1. The maximum atomic E-state index is 14.7. The lowest BCUT2D eigenvalue weighted by molar-refractivity contribution is 0.0594. The number of benzene rings is 2. The van der Waals surface area contributed by atoms with Crippen molar-refractivity contribution in [3.05, 3.63) is 71.4 Å². The third kappa shape index (κ3) is 3.92. The number of carbonyl (C=O) groups excluding carboxylic acids is 1. The summed E-state index contributed by atoms with van der Waals surface area (Å²) in [6, 6.07) is 9.02. The quantitative estimate of drug-likeness (QED) is 0.294. The normalized spacial score (nSPS) is 13.3. The van der Waals surface area contributed by atoms with Gasteiger partial charge >= 0.3 is 5.97 Å². The van der Waals surface area contributed by atoms with Gasteiger partial charge in [0.2, 0.25) is 11.7 Å². The Bertz CT molecular complexity index is 1710. The molecule has 8 nitrogen and oxygen atoms in total. The fraction of sp³-hybridized carbons (Fsp3) is 0.192. The molecule has 0 atom stereocenters. The Morgan fingerprint density at radius 2 is 1.86 bits per heavy atom. The second-order valence-electron chi connectivity index (χ2n) is 8.81. The predicted molar refractivity (Wildman–Crippen MR) is 126 cm³/mol. The largest absolute Gasteiger partial charge is 0.465 e. The first-order valence-corrected chi connectivity index (χ1v) is 11.4. The van der Waals surface area contributed by atoms with Gasteiger partial charge in [0, 0.05) is 24.2 Å². The molecule has 0 unspecified atom stereocenters. The highest BCUT2D eigenvalue weighted by Gasteiger charge is 2.28. The van der Waals surface area contributed by atoms with Crippen LogP contribution >= 0.6 is 0 Å². The van der Waals surface area contributed by atoms with Crippen LogP contribution in [-0.4, -0.2) is 37.8 Å². The van der Waals surface area contributed by atoms with E-state index in [2.05, 4.69) is 24.9 Å². The number of nitrogens with zero attached hydrogens (tertiary/aromatic N) is 5. The number of esters is 1. The molecule has 6 rings (SSSR count).